The molecule has 6 nitrogen and oxygen atoms in total. The molecule has 124 valence electrons. The number of amides is 1. The van der Waals surface area contributed by atoms with E-state index in [1.54, 1.807) is 17.2 Å². The highest BCUT2D eigenvalue weighted by atomic mass is 16.5. The van der Waals surface area contributed by atoms with Crippen molar-refractivity contribution in [2.24, 2.45) is 11.8 Å². The summed E-state index contributed by atoms with van der Waals surface area (Å²) in [5.41, 5.74) is 0.615. The van der Waals surface area contributed by atoms with Crippen LogP contribution in [0.5, 0.6) is 0 Å². The van der Waals surface area contributed by atoms with E-state index in [9.17, 15) is 14.7 Å². The molecule has 1 aromatic heterocycles. The fourth-order valence-corrected chi connectivity index (χ4v) is 3.96. The Balaban J connectivity index is 1.62. The smallest absolute Gasteiger partial charge is 0.308 e. The maximum atomic E-state index is 13.1. The van der Waals surface area contributed by atoms with Gasteiger partial charge in [0, 0.05) is 31.0 Å². The summed E-state index contributed by atoms with van der Waals surface area (Å²) in [5.74, 6) is -0.188. The van der Waals surface area contributed by atoms with Gasteiger partial charge < -0.3 is 19.2 Å². The molecule has 1 aliphatic carbocycles. The van der Waals surface area contributed by atoms with Gasteiger partial charge in [-0.05, 0) is 31.7 Å². The molecule has 6 heteroatoms. The largest absolute Gasteiger partial charge is 0.481 e. The maximum Gasteiger partial charge on any atom is 0.308 e. The molecule has 4 rings (SSSR count). The van der Waals surface area contributed by atoms with Crippen LogP contribution in [0.15, 0.2) is 16.7 Å². The molecule has 1 aromatic rings. The van der Waals surface area contributed by atoms with Crippen LogP contribution in [0.2, 0.25) is 0 Å². The first kappa shape index (κ1) is 14.8. The Kier molecular flexibility index (Phi) is 3.64. The van der Waals surface area contributed by atoms with Crippen LogP contribution in [-0.2, 0) is 9.53 Å². The number of nitrogens with zero attached hydrogens (tertiary/aromatic N) is 1. The lowest BCUT2D eigenvalue weighted by Gasteiger charge is -2.45. The molecule has 0 spiro atoms. The highest BCUT2D eigenvalue weighted by molar-refractivity contribution is 5.96. The molecular formula is C17H21NO5. The first-order chi connectivity index (χ1) is 11.1. The summed E-state index contributed by atoms with van der Waals surface area (Å²) in [6, 6.07) is 1.81. The number of furan rings is 1. The van der Waals surface area contributed by atoms with Crippen molar-refractivity contribution >= 4 is 11.9 Å². The summed E-state index contributed by atoms with van der Waals surface area (Å²) in [4.78, 5) is 26.3. The van der Waals surface area contributed by atoms with Crippen LogP contribution in [0.25, 0.3) is 0 Å². The van der Waals surface area contributed by atoms with Crippen molar-refractivity contribution in [3.05, 3.63) is 23.7 Å². The Hall–Kier alpha value is -1.82. The molecule has 1 N–H and O–H groups in total. The standard InChI is InChI=1S/C17H21NO5/c19-16(13-3-6-23-15(13)10-1-2-10)18-8-11(17(20)21)7-12-9-22-5-4-14(12)18/h3,6,10-12,14H,1-2,4-5,7-9H2,(H,20,21)/t11-,12-,14-/m1/s1. The number of carbonyl (C=O) groups is 2. The molecule has 1 saturated carbocycles. The van der Waals surface area contributed by atoms with Crippen molar-refractivity contribution in [3.63, 3.8) is 0 Å². The van der Waals surface area contributed by atoms with E-state index >= 15 is 0 Å². The average molecular weight is 319 g/mol. The molecule has 0 bridgehead atoms. The van der Waals surface area contributed by atoms with E-state index < -0.39 is 11.9 Å². The predicted molar refractivity (Wildman–Crippen MR) is 80.2 cm³/mol. The number of aliphatic carboxylic acids is 1. The van der Waals surface area contributed by atoms with Crippen molar-refractivity contribution < 1.29 is 23.8 Å². The Morgan fingerprint density at radius 3 is 2.83 bits per heavy atom. The normalized spacial score (nSPS) is 30.8. The molecule has 3 atom stereocenters. The van der Waals surface area contributed by atoms with Crippen molar-refractivity contribution in [3.8, 4) is 0 Å². The minimum absolute atomic E-state index is 0.0776. The third-order valence-electron chi connectivity index (χ3n) is 5.32. The molecule has 3 aliphatic rings. The zero-order valence-corrected chi connectivity index (χ0v) is 12.9. The average Bonchev–Trinajstić information content (AvgIpc) is 3.30. The van der Waals surface area contributed by atoms with Gasteiger partial charge in [-0.25, -0.2) is 0 Å². The number of ether oxygens (including phenoxy) is 1. The third-order valence-corrected chi connectivity index (χ3v) is 5.32. The summed E-state index contributed by atoms with van der Waals surface area (Å²) in [7, 11) is 0. The second-order valence-electron chi connectivity index (χ2n) is 6.89. The van der Waals surface area contributed by atoms with Gasteiger partial charge in [-0.2, -0.15) is 0 Å². The number of carboxylic acid groups (broad SMARTS) is 1. The zero-order chi connectivity index (χ0) is 16.0. The molecule has 2 aliphatic heterocycles. The molecule has 3 heterocycles. The van der Waals surface area contributed by atoms with Gasteiger partial charge in [0.05, 0.1) is 24.4 Å². The number of piperidine rings is 1. The summed E-state index contributed by atoms with van der Waals surface area (Å²) in [5, 5.41) is 9.41. The van der Waals surface area contributed by atoms with E-state index in [1.165, 1.54) is 0 Å². The fourth-order valence-electron chi connectivity index (χ4n) is 3.96. The highest BCUT2D eigenvalue weighted by Gasteiger charge is 2.44. The van der Waals surface area contributed by atoms with Crippen molar-refractivity contribution in [1.29, 1.82) is 0 Å². The first-order valence-corrected chi connectivity index (χ1v) is 8.34. The van der Waals surface area contributed by atoms with E-state index in [0.29, 0.717) is 31.1 Å². The van der Waals surface area contributed by atoms with Gasteiger partial charge in [0.2, 0.25) is 0 Å². The maximum absolute atomic E-state index is 13.1. The quantitative estimate of drug-likeness (QED) is 0.923. The number of hydrogen-bond acceptors (Lipinski definition) is 4. The van der Waals surface area contributed by atoms with Crippen LogP contribution in [-0.4, -0.2) is 47.7 Å². The Bertz CT molecular complexity index is 620. The molecule has 2 saturated heterocycles. The summed E-state index contributed by atoms with van der Waals surface area (Å²) < 4.78 is 11.0. The minimum Gasteiger partial charge on any atom is -0.481 e. The minimum atomic E-state index is -0.832. The Labute approximate surface area is 134 Å². The molecule has 3 fully saturated rings. The van der Waals surface area contributed by atoms with Crippen LogP contribution in [0.3, 0.4) is 0 Å². The lowest BCUT2D eigenvalue weighted by atomic mass is 9.80. The third kappa shape index (κ3) is 2.65. The molecular weight excluding hydrogens is 298 g/mol. The molecule has 0 aromatic carbocycles. The number of carbonyl (C=O) groups excluding carboxylic acids is 1. The topological polar surface area (TPSA) is 80.0 Å². The second kappa shape index (κ2) is 5.67. The van der Waals surface area contributed by atoms with Crippen LogP contribution in [0, 0.1) is 11.8 Å². The fraction of sp³-hybridized carbons (Fsp3) is 0.647. The van der Waals surface area contributed by atoms with Crippen molar-refractivity contribution in [1.82, 2.24) is 4.90 Å². The number of rotatable bonds is 3. The first-order valence-electron chi connectivity index (χ1n) is 8.34. The number of fused-ring (bicyclic) bond motifs is 1. The Morgan fingerprint density at radius 2 is 2.09 bits per heavy atom. The van der Waals surface area contributed by atoms with Gasteiger partial charge in [0.25, 0.3) is 5.91 Å². The zero-order valence-electron chi connectivity index (χ0n) is 12.9. The van der Waals surface area contributed by atoms with E-state index in [-0.39, 0.29) is 24.4 Å². The van der Waals surface area contributed by atoms with E-state index in [4.69, 9.17) is 9.15 Å². The molecule has 1 amide bonds. The summed E-state index contributed by atoms with van der Waals surface area (Å²) >= 11 is 0. The van der Waals surface area contributed by atoms with E-state index in [2.05, 4.69) is 0 Å². The Morgan fingerprint density at radius 1 is 1.26 bits per heavy atom. The van der Waals surface area contributed by atoms with Gasteiger partial charge in [0.15, 0.2) is 0 Å². The van der Waals surface area contributed by atoms with E-state index in [1.807, 2.05) is 0 Å². The summed E-state index contributed by atoms with van der Waals surface area (Å²) in [6.45, 7) is 1.45. The molecule has 0 unspecified atom stereocenters. The van der Waals surface area contributed by atoms with Crippen LogP contribution < -0.4 is 0 Å². The lowest BCUT2D eigenvalue weighted by Crippen LogP contribution is -2.56. The van der Waals surface area contributed by atoms with Gasteiger partial charge in [0.1, 0.15) is 5.76 Å². The van der Waals surface area contributed by atoms with Gasteiger partial charge >= 0.3 is 5.97 Å². The van der Waals surface area contributed by atoms with E-state index in [0.717, 1.165) is 25.0 Å². The van der Waals surface area contributed by atoms with Crippen LogP contribution >= 0.6 is 0 Å². The molecule has 23 heavy (non-hydrogen) atoms. The van der Waals surface area contributed by atoms with Crippen molar-refractivity contribution in [2.75, 3.05) is 19.8 Å². The molecule has 0 radical (unpaired) electrons. The monoisotopic (exact) mass is 319 g/mol. The predicted octanol–water partition coefficient (Wildman–Crippen LogP) is 2.11. The number of carboxylic acids is 1. The van der Waals surface area contributed by atoms with Crippen LogP contribution in [0.1, 0.15) is 47.7 Å². The SMILES string of the molecule is O=C(O)[C@@H]1C[C@@H]2COCC[C@H]2N(C(=O)c2ccoc2C2CC2)C1. The van der Waals surface area contributed by atoms with Gasteiger partial charge in [-0.15, -0.1) is 0 Å². The number of likely N-dealkylation sites (tertiary alicyclic amines) is 1. The van der Waals surface area contributed by atoms with Gasteiger partial charge in [-0.1, -0.05) is 0 Å². The lowest BCUT2D eigenvalue weighted by molar-refractivity contribution is -0.146. The van der Waals surface area contributed by atoms with Gasteiger partial charge in [-0.3, -0.25) is 9.59 Å². The van der Waals surface area contributed by atoms with Crippen LogP contribution in [0.4, 0.5) is 0 Å². The number of hydrogen-bond donors (Lipinski definition) is 1. The summed E-state index contributed by atoms with van der Waals surface area (Å²) in [6.07, 6.45) is 5.06. The second-order valence-corrected chi connectivity index (χ2v) is 6.89. The highest BCUT2D eigenvalue weighted by Crippen LogP contribution is 2.43. The van der Waals surface area contributed by atoms with Crippen molar-refractivity contribution in [2.45, 2.75) is 37.6 Å².